The van der Waals surface area contributed by atoms with Gasteiger partial charge in [0.1, 0.15) is 6.54 Å². The van der Waals surface area contributed by atoms with E-state index >= 15 is 0 Å². The van der Waals surface area contributed by atoms with Crippen LogP contribution < -0.4 is 10.2 Å². The second-order valence-corrected chi connectivity index (χ2v) is 6.50. The molecule has 0 aliphatic carbocycles. The van der Waals surface area contributed by atoms with Crippen LogP contribution in [0.5, 0.6) is 0 Å². The molecule has 26 heavy (non-hydrogen) atoms. The van der Waals surface area contributed by atoms with Crippen molar-refractivity contribution < 1.29 is 9.59 Å². The number of nitrogens with zero attached hydrogens (tertiary/aromatic N) is 1. The molecule has 0 bridgehead atoms. The Kier molecular flexibility index (Phi) is 6.96. The summed E-state index contributed by atoms with van der Waals surface area (Å²) in [7, 11) is 0. The lowest BCUT2D eigenvalue weighted by Crippen LogP contribution is -2.40. The zero-order chi connectivity index (χ0) is 19.1. The molecule has 4 nitrogen and oxygen atoms in total. The molecule has 4 heteroatoms. The maximum atomic E-state index is 12.5. The molecule has 0 saturated heterocycles. The Balaban J connectivity index is 2.14. The van der Waals surface area contributed by atoms with E-state index in [0.717, 1.165) is 35.2 Å². The monoisotopic (exact) mass is 352 g/mol. The molecule has 2 aromatic rings. The first-order valence-corrected chi connectivity index (χ1v) is 9.17. The summed E-state index contributed by atoms with van der Waals surface area (Å²) in [5.74, 6) is -0.278. The smallest absolute Gasteiger partial charge is 0.240 e. The molecule has 0 aliphatic heterocycles. The van der Waals surface area contributed by atoms with Crippen molar-refractivity contribution in [3.05, 3.63) is 64.7 Å². The van der Waals surface area contributed by atoms with Crippen LogP contribution in [0.2, 0.25) is 0 Å². The van der Waals surface area contributed by atoms with Gasteiger partial charge in [0.25, 0.3) is 0 Å². The summed E-state index contributed by atoms with van der Waals surface area (Å²) < 4.78 is 0. The molecule has 0 fully saturated rings. The van der Waals surface area contributed by atoms with Crippen molar-refractivity contribution in [2.24, 2.45) is 0 Å². The van der Waals surface area contributed by atoms with Gasteiger partial charge in [-0.05, 0) is 36.5 Å². The fourth-order valence-electron chi connectivity index (χ4n) is 3.02. The fourth-order valence-corrected chi connectivity index (χ4v) is 3.02. The molecule has 0 saturated carbocycles. The summed E-state index contributed by atoms with van der Waals surface area (Å²) in [6.45, 7) is 8.16. The average molecular weight is 352 g/mol. The van der Waals surface area contributed by atoms with E-state index in [1.165, 1.54) is 12.5 Å². The Labute approximate surface area is 156 Å². The van der Waals surface area contributed by atoms with E-state index in [1.807, 2.05) is 49.4 Å². The first-order chi connectivity index (χ1) is 12.5. The fraction of sp³-hybridized carbons (Fsp3) is 0.364. The number of rotatable bonds is 7. The van der Waals surface area contributed by atoms with Gasteiger partial charge in [-0.25, -0.2) is 0 Å². The van der Waals surface area contributed by atoms with E-state index in [0.29, 0.717) is 6.54 Å². The molecule has 0 radical (unpaired) electrons. The number of hydrogen-bond acceptors (Lipinski definition) is 2. The molecule has 2 amide bonds. The maximum absolute atomic E-state index is 12.5. The van der Waals surface area contributed by atoms with Crippen LogP contribution in [0.15, 0.2) is 42.5 Å². The van der Waals surface area contributed by atoms with E-state index in [2.05, 4.69) is 19.2 Å². The van der Waals surface area contributed by atoms with Crippen LogP contribution in [-0.4, -0.2) is 18.4 Å². The number of carbonyl (C=O) groups is 2. The van der Waals surface area contributed by atoms with Crippen LogP contribution in [-0.2, 0) is 29.0 Å². The van der Waals surface area contributed by atoms with Gasteiger partial charge in [0.05, 0.1) is 5.69 Å². The van der Waals surface area contributed by atoms with Crippen molar-refractivity contribution in [1.29, 1.82) is 0 Å². The zero-order valence-electron chi connectivity index (χ0n) is 16.1. The molecule has 0 atom stereocenters. The summed E-state index contributed by atoms with van der Waals surface area (Å²) in [4.78, 5) is 26.3. The van der Waals surface area contributed by atoms with Crippen molar-refractivity contribution in [2.45, 2.75) is 47.1 Å². The Morgan fingerprint density at radius 3 is 2.04 bits per heavy atom. The minimum Gasteiger partial charge on any atom is -0.350 e. The summed E-state index contributed by atoms with van der Waals surface area (Å²) in [6.07, 6.45) is 1.63. The first-order valence-electron chi connectivity index (χ1n) is 9.17. The maximum Gasteiger partial charge on any atom is 0.240 e. The van der Waals surface area contributed by atoms with Crippen LogP contribution in [0.4, 0.5) is 5.69 Å². The number of aryl methyl sites for hydroxylation is 3. The number of carbonyl (C=O) groups excluding carboxylic acids is 2. The molecule has 0 spiro atoms. The molecular formula is C22H28N2O2. The minimum atomic E-state index is -0.159. The van der Waals surface area contributed by atoms with E-state index in [9.17, 15) is 9.59 Å². The lowest BCUT2D eigenvalue weighted by atomic mass is 10.0. The van der Waals surface area contributed by atoms with Crippen LogP contribution in [0, 0.1) is 6.92 Å². The van der Waals surface area contributed by atoms with Gasteiger partial charge in [0.2, 0.25) is 11.8 Å². The van der Waals surface area contributed by atoms with Gasteiger partial charge in [0, 0.05) is 13.5 Å². The Bertz CT molecular complexity index is 744. The van der Waals surface area contributed by atoms with Crippen molar-refractivity contribution >= 4 is 17.5 Å². The lowest BCUT2D eigenvalue weighted by Gasteiger charge is -2.26. The largest absolute Gasteiger partial charge is 0.350 e. The van der Waals surface area contributed by atoms with Crippen molar-refractivity contribution in [3.63, 3.8) is 0 Å². The highest BCUT2D eigenvalue weighted by molar-refractivity contribution is 5.98. The van der Waals surface area contributed by atoms with Gasteiger partial charge in [-0.2, -0.15) is 0 Å². The number of anilines is 1. The van der Waals surface area contributed by atoms with Gasteiger partial charge < -0.3 is 10.2 Å². The van der Waals surface area contributed by atoms with E-state index in [1.54, 1.807) is 4.90 Å². The van der Waals surface area contributed by atoms with Crippen LogP contribution in [0.3, 0.4) is 0 Å². The number of hydrogen-bond donors (Lipinski definition) is 1. The second-order valence-electron chi connectivity index (χ2n) is 6.50. The minimum absolute atomic E-state index is 0.0329. The molecule has 0 heterocycles. The zero-order valence-corrected chi connectivity index (χ0v) is 16.1. The van der Waals surface area contributed by atoms with Crippen molar-refractivity contribution in [3.8, 4) is 0 Å². The third kappa shape index (κ3) is 4.94. The SMILES string of the molecule is CCc1cccc(CC)c1N(CC(=O)NCc1ccc(C)cc1)C(C)=O. The predicted molar refractivity (Wildman–Crippen MR) is 106 cm³/mol. The Morgan fingerprint density at radius 1 is 0.962 bits per heavy atom. The highest BCUT2D eigenvalue weighted by atomic mass is 16.2. The normalized spacial score (nSPS) is 10.5. The summed E-state index contributed by atoms with van der Waals surface area (Å²) in [6, 6.07) is 14.1. The van der Waals surface area contributed by atoms with Gasteiger partial charge in [-0.15, -0.1) is 0 Å². The third-order valence-corrected chi connectivity index (χ3v) is 4.53. The summed E-state index contributed by atoms with van der Waals surface area (Å²) >= 11 is 0. The van der Waals surface area contributed by atoms with E-state index < -0.39 is 0 Å². The number of amides is 2. The molecule has 2 aromatic carbocycles. The first kappa shape index (κ1) is 19.7. The molecule has 0 aromatic heterocycles. The number of para-hydroxylation sites is 1. The van der Waals surface area contributed by atoms with Crippen molar-refractivity contribution in [2.75, 3.05) is 11.4 Å². The van der Waals surface area contributed by atoms with Crippen LogP contribution >= 0.6 is 0 Å². The van der Waals surface area contributed by atoms with Gasteiger partial charge in [0.15, 0.2) is 0 Å². The molecule has 138 valence electrons. The van der Waals surface area contributed by atoms with Crippen LogP contribution in [0.25, 0.3) is 0 Å². The van der Waals surface area contributed by atoms with Gasteiger partial charge in [-0.1, -0.05) is 61.9 Å². The topological polar surface area (TPSA) is 49.4 Å². The molecule has 1 N–H and O–H groups in total. The number of nitrogens with one attached hydrogen (secondary N) is 1. The summed E-state index contributed by atoms with van der Waals surface area (Å²) in [5, 5.41) is 2.92. The van der Waals surface area contributed by atoms with Gasteiger partial charge >= 0.3 is 0 Å². The van der Waals surface area contributed by atoms with E-state index in [-0.39, 0.29) is 18.4 Å². The standard InChI is InChI=1S/C22H28N2O2/c1-5-19-8-7-9-20(6-2)22(19)24(17(4)25)15-21(26)23-14-18-12-10-16(3)11-13-18/h7-13H,5-6,14-15H2,1-4H3,(H,23,26). The summed E-state index contributed by atoms with van der Waals surface area (Å²) in [5.41, 5.74) is 5.29. The average Bonchev–Trinajstić information content (AvgIpc) is 2.64. The van der Waals surface area contributed by atoms with Gasteiger partial charge in [-0.3, -0.25) is 9.59 Å². The van der Waals surface area contributed by atoms with Crippen LogP contribution in [0.1, 0.15) is 43.0 Å². The van der Waals surface area contributed by atoms with E-state index in [4.69, 9.17) is 0 Å². The van der Waals surface area contributed by atoms with Crippen molar-refractivity contribution in [1.82, 2.24) is 5.32 Å². The molecule has 2 rings (SSSR count). The lowest BCUT2D eigenvalue weighted by molar-refractivity contribution is -0.123. The molecule has 0 unspecified atom stereocenters. The quantitative estimate of drug-likeness (QED) is 0.824. The Morgan fingerprint density at radius 2 is 1.54 bits per heavy atom. The highest BCUT2D eigenvalue weighted by Crippen LogP contribution is 2.27. The predicted octanol–water partition coefficient (Wildman–Crippen LogP) is 3.79. The number of benzene rings is 2. The second kappa shape index (κ2) is 9.18. The third-order valence-electron chi connectivity index (χ3n) is 4.53. The molecule has 0 aliphatic rings. The highest BCUT2D eigenvalue weighted by Gasteiger charge is 2.20. The molecular weight excluding hydrogens is 324 g/mol. The Hall–Kier alpha value is -2.62.